The maximum absolute atomic E-state index is 3.43. The maximum Gasteiger partial charge on any atom is 0.0130 e. The highest BCUT2D eigenvalue weighted by Gasteiger charge is 2.10. The van der Waals surface area contributed by atoms with Gasteiger partial charge in [0.05, 0.1) is 0 Å². The van der Waals surface area contributed by atoms with Crippen LogP contribution < -0.4 is 5.32 Å². The fraction of sp³-hybridized carbons (Fsp3) is 0.571. The van der Waals surface area contributed by atoms with E-state index in [1.54, 1.807) is 0 Å². The molecule has 1 rings (SSSR count). The van der Waals surface area contributed by atoms with Gasteiger partial charge in [0.2, 0.25) is 0 Å². The van der Waals surface area contributed by atoms with Gasteiger partial charge in [0.1, 0.15) is 0 Å². The van der Waals surface area contributed by atoms with Crippen molar-refractivity contribution >= 4 is 22.6 Å². The van der Waals surface area contributed by atoms with E-state index < -0.39 is 0 Å². The first-order valence-corrected chi connectivity index (χ1v) is 7.15. The molecule has 90 valence electrons. The Balaban J connectivity index is 2.52. The Morgan fingerprint density at radius 1 is 1.25 bits per heavy atom. The monoisotopic (exact) mass is 331 g/mol. The largest absolute Gasteiger partial charge is 0.317 e. The molecule has 2 unspecified atom stereocenters. The summed E-state index contributed by atoms with van der Waals surface area (Å²) in [5.74, 6) is 0.807. The van der Waals surface area contributed by atoms with E-state index in [4.69, 9.17) is 0 Å². The van der Waals surface area contributed by atoms with Crippen LogP contribution in [0, 0.1) is 9.49 Å². The third-order valence-corrected chi connectivity index (χ3v) is 3.91. The zero-order chi connectivity index (χ0) is 12.0. The molecule has 2 atom stereocenters. The van der Waals surface area contributed by atoms with Crippen LogP contribution in [0.15, 0.2) is 24.3 Å². The molecule has 0 bridgehead atoms. The van der Waals surface area contributed by atoms with Crippen molar-refractivity contribution in [1.29, 1.82) is 0 Å². The molecule has 2 heteroatoms. The Kier molecular flexibility index (Phi) is 6.36. The molecule has 1 aromatic rings. The van der Waals surface area contributed by atoms with Crippen molar-refractivity contribution < 1.29 is 0 Å². The number of hydrogen-bond donors (Lipinski definition) is 1. The first-order valence-electron chi connectivity index (χ1n) is 6.07. The topological polar surface area (TPSA) is 12.0 Å². The Labute approximate surface area is 113 Å². The quantitative estimate of drug-likeness (QED) is 0.781. The van der Waals surface area contributed by atoms with Gasteiger partial charge in [-0.25, -0.2) is 0 Å². The van der Waals surface area contributed by atoms with Crippen LogP contribution >= 0.6 is 22.6 Å². The number of benzene rings is 1. The van der Waals surface area contributed by atoms with Gasteiger partial charge in [0, 0.05) is 9.61 Å². The highest BCUT2D eigenvalue weighted by atomic mass is 127. The fourth-order valence-corrected chi connectivity index (χ4v) is 2.22. The van der Waals surface area contributed by atoms with E-state index >= 15 is 0 Å². The molecule has 0 aliphatic rings. The van der Waals surface area contributed by atoms with Gasteiger partial charge in [-0.2, -0.15) is 0 Å². The van der Waals surface area contributed by atoms with E-state index in [1.165, 1.54) is 22.0 Å². The second kappa shape index (κ2) is 7.28. The van der Waals surface area contributed by atoms with Crippen molar-refractivity contribution in [3.63, 3.8) is 0 Å². The molecule has 0 amide bonds. The van der Waals surface area contributed by atoms with E-state index in [-0.39, 0.29) is 0 Å². The summed E-state index contributed by atoms with van der Waals surface area (Å²) in [7, 11) is 2.07. The highest BCUT2D eigenvalue weighted by Crippen LogP contribution is 2.14. The van der Waals surface area contributed by atoms with Gasteiger partial charge in [-0.15, -0.1) is 0 Å². The molecule has 0 aromatic heterocycles. The molecule has 0 radical (unpaired) electrons. The summed E-state index contributed by atoms with van der Waals surface area (Å²) in [6.07, 6.45) is 3.67. The zero-order valence-electron chi connectivity index (χ0n) is 10.5. The van der Waals surface area contributed by atoms with Crippen molar-refractivity contribution in [2.45, 2.75) is 39.2 Å². The van der Waals surface area contributed by atoms with Crippen molar-refractivity contribution in [1.82, 2.24) is 5.32 Å². The molecular formula is C14H22IN. The van der Waals surface area contributed by atoms with E-state index in [1.807, 2.05) is 0 Å². The fourth-order valence-electron chi connectivity index (χ4n) is 1.86. The molecule has 0 aliphatic carbocycles. The summed E-state index contributed by atoms with van der Waals surface area (Å²) in [4.78, 5) is 0. The van der Waals surface area contributed by atoms with Crippen molar-refractivity contribution in [2.24, 2.45) is 5.92 Å². The first kappa shape index (κ1) is 14.0. The van der Waals surface area contributed by atoms with E-state index in [0.29, 0.717) is 6.04 Å². The summed E-state index contributed by atoms with van der Waals surface area (Å²) in [6.45, 7) is 4.60. The van der Waals surface area contributed by atoms with Crippen LogP contribution in [0.5, 0.6) is 0 Å². The van der Waals surface area contributed by atoms with Crippen LogP contribution in [-0.4, -0.2) is 13.1 Å². The molecule has 0 spiro atoms. The third kappa shape index (κ3) is 4.83. The van der Waals surface area contributed by atoms with Gasteiger partial charge < -0.3 is 5.32 Å². The summed E-state index contributed by atoms with van der Waals surface area (Å²) < 4.78 is 1.31. The Bertz CT molecular complexity index is 294. The lowest BCUT2D eigenvalue weighted by Crippen LogP contribution is -2.29. The minimum absolute atomic E-state index is 0.606. The molecule has 1 aromatic carbocycles. The molecule has 1 nitrogen and oxygen atoms in total. The summed E-state index contributed by atoms with van der Waals surface area (Å²) >= 11 is 2.35. The molecule has 0 saturated carbocycles. The average Bonchev–Trinajstić information content (AvgIpc) is 2.30. The Hall–Kier alpha value is -0.0900. The third-order valence-electron chi connectivity index (χ3n) is 3.19. The first-order chi connectivity index (χ1) is 7.65. The predicted octanol–water partition coefficient (Wildman–Crippen LogP) is 3.86. The number of rotatable bonds is 6. The minimum atomic E-state index is 0.606. The summed E-state index contributed by atoms with van der Waals surface area (Å²) in [6, 6.07) is 9.46. The normalized spacial score (nSPS) is 14.8. The van der Waals surface area contributed by atoms with Crippen LogP contribution in [0.4, 0.5) is 0 Å². The van der Waals surface area contributed by atoms with Crippen molar-refractivity contribution in [2.75, 3.05) is 7.05 Å². The number of hydrogen-bond acceptors (Lipinski definition) is 1. The number of likely N-dealkylation sites (N-methyl/N-ethyl adjacent to an activating group) is 1. The second-order valence-electron chi connectivity index (χ2n) is 4.57. The summed E-state index contributed by atoms with van der Waals surface area (Å²) in [5, 5.41) is 3.43. The van der Waals surface area contributed by atoms with Gasteiger partial charge in [-0.05, 0) is 66.1 Å². The smallest absolute Gasteiger partial charge is 0.0130 e. The van der Waals surface area contributed by atoms with Crippen LogP contribution in [0.3, 0.4) is 0 Å². The van der Waals surface area contributed by atoms with E-state index in [9.17, 15) is 0 Å². The number of nitrogens with one attached hydrogen (secondary N) is 1. The molecule has 0 aliphatic heterocycles. The molecule has 1 N–H and O–H groups in total. The predicted molar refractivity (Wildman–Crippen MR) is 79.8 cm³/mol. The van der Waals surface area contributed by atoms with Crippen LogP contribution in [0.2, 0.25) is 0 Å². The molecule has 16 heavy (non-hydrogen) atoms. The lowest BCUT2D eigenvalue weighted by Gasteiger charge is -2.19. The minimum Gasteiger partial charge on any atom is -0.317 e. The maximum atomic E-state index is 3.43. The molecule has 0 fully saturated rings. The Morgan fingerprint density at radius 3 is 2.38 bits per heavy atom. The SMILES string of the molecule is CCC(C)CC(Cc1ccc(I)cc1)NC. The van der Waals surface area contributed by atoms with Gasteiger partial charge in [0.15, 0.2) is 0 Å². The lowest BCUT2D eigenvalue weighted by molar-refractivity contribution is 0.410. The van der Waals surface area contributed by atoms with Gasteiger partial charge in [-0.3, -0.25) is 0 Å². The van der Waals surface area contributed by atoms with E-state index in [0.717, 1.165) is 12.3 Å². The van der Waals surface area contributed by atoms with Crippen LogP contribution in [0.25, 0.3) is 0 Å². The molecule has 0 heterocycles. The average molecular weight is 331 g/mol. The van der Waals surface area contributed by atoms with Crippen LogP contribution in [-0.2, 0) is 6.42 Å². The Morgan fingerprint density at radius 2 is 1.88 bits per heavy atom. The molecule has 0 saturated heterocycles. The second-order valence-corrected chi connectivity index (χ2v) is 5.81. The summed E-state index contributed by atoms with van der Waals surface area (Å²) in [5.41, 5.74) is 1.43. The van der Waals surface area contributed by atoms with Gasteiger partial charge in [-0.1, -0.05) is 32.4 Å². The highest BCUT2D eigenvalue weighted by molar-refractivity contribution is 14.1. The number of halogens is 1. The van der Waals surface area contributed by atoms with Crippen molar-refractivity contribution in [3.05, 3.63) is 33.4 Å². The molecular weight excluding hydrogens is 309 g/mol. The van der Waals surface area contributed by atoms with Crippen LogP contribution in [0.1, 0.15) is 32.3 Å². The van der Waals surface area contributed by atoms with E-state index in [2.05, 4.69) is 73.1 Å². The standard InChI is InChI=1S/C14H22IN/c1-4-11(2)9-14(16-3)10-12-5-7-13(15)8-6-12/h5-8,11,14,16H,4,9-10H2,1-3H3. The van der Waals surface area contributed by atoms with Gasteiger partial charge in [0.25, 0.3) is 0 Å². The van der Waals surface area contributed by atoms with Crippen molar-refractivity contribution in [3.8, 4) is 0 Å². The zero-order valence-corrected chi connectivity index (χ0v) is 12.6. The van der Waals surface area contributed by atoms with Gasteiger partial charge >= 0.3 is 0 Å². The lowest BCUT2D eigenvalue weighted by atomic mass is 9.95.